The molecule has 1 aromatic carbocycles. The molecule has 0 unspecified atom stereocenters. The Bertz CT molecular complexity index is 697. The van der Waals surface area contributed by atoms with Gasteiger partial charge in [0.2, 0.25) is 11.8 Å². The van der Waals surface area contributed by atoms with E-state index in [2.05, 4.69) is 10.2 Å². The van der Waals surface area contributed by atoms with Crippen molar-refractivity contribution in [3.8, 4) is 11.5 Å². The maximum absolute atomic E-state index is 5.60. The summed E-state index contributed by atoms with van der Waals surface area (Å²) in [6.07, 6.45) is 5.13. The average molecular weight is 252 g/mol. The van der Waals surface area contributed by atoms with E-state index in [0.29, 0.717) is 11.8 Å². The number of rotatable bonds is 3. The minimum Gasteiger partial charge on any atom is -0.465 e. The molecule has 0 N–H and O–H groups in total. The van der Waals surface area contributed by atoms with E-state index in [1.165, 1.54) is 0 Å². The molecule has 2 aromatic heterocycles. The van der Waals surface area contributed by atoms with Crippen molar-refractivity contribution in [3.63, 3.8) is 0 Å². The summed E-state index contributed by atoms with van der Waals surface area (Å²) in [4.78, 5) is 0. The van der Waals surface area contributed by atoms with E-state index >= 15 is 0 Å². The van der Waals surface area contributed by atoms with Crippen LogP contribution in [0.3, 0.4) is 0 Å². The number of hydrogen-bond donors (Lipinski definition) is 0. The molecule has 2 heterocycles. The van der Waals surface area contributed by atoms with E-state index in [4.69, 9.17) is 8.83 Å². The molecule has 0 amide bonds. The summed E-state index contributed by atoms with van der Waals surface area (Å²) < 4.78 is 10.8. The molecule has 4 nitrogen and oxygen atoms in total. The predicted octanol–water partition coefficient (Wildman–Crippen LogP) is 3.81. The number of hydrogen-bond acceptors (Lipinski definition) is 4. The topological polar surface area (TPSA) is 52.1 Å². The summed E-state index contributed by atoms with van der Waals surface area (Å²) >= 11 is 0. The van der Waals surface area contributed by atoms with Gasteiger partial charge in [-0.15, -0.1) is 10.2 Å². The third-order valence-corrected chi connectivity index (χ3v) is 2.75. The van der Waals surface area contributed by atoms with Crippen LogP contribution >= 0.6 is 0 Å². The Morgan fingerprint density at radius 1 is 1.00 bits per heavy atom. The summed E-state index contributed by atoms with van der Waals surface area (Å²) in [7, 11) is 0. The molecular formula is C15H12N2O2. The minimum atomic E-state index is 0.453. The number of furan rings is 1. The Morgan fingerprint density at radius 2 is 1.89 bits per heavy atom. The summed E-state index contributed by atoms with van der Waals surface area (Å²) in [5.41, 5.74) is 2.06. The summed E-state index contributed by atoms with van der Waals surface area (Å²) in [6, 6.07) is 11.6. The molecule has 4 heteroatoms. The van der Waals surface area contributed by atoms with Crippen molar-refractivity contribution in [2.45, 2.75) is 6.92 Å². The van der Waals surface area contributed by atoms with Crippen LogP contribution in [-0.4, -0.2) is 10.2 Å². The largest absolute Gasteiger partial charge is 0.465 e. The molecule has 0 radical (unpaired) electrons. The number of nitrogens with zero attached hydrogens (tertiary/aromatic N) is 2. The van der Waals surface area contributed by atoms with Gasteiger partial charge in [-0.2, -0.15) is 0 Å². The highest BCUT2D eigenvalue weighted by Crippen LogP contribution is 2.22. The lowest BCUT2D eigenvalue weighted by Crippen LogP contribution is -1.81. The van der Waals surface area contributed by atoms with E-state index in [0.717, 1.165) is 16.9 Å². The lowest BCUT2D eigenvalue weighted by molar-refractivity contribution is 0.552. The minimum absolute atomic E-state index is 0.453. The maximum Gasteiger partial charge on any atom is 0.248 e. The second-order valence-corrected chi connectivity index (χ2v) is 4.11. The predicted molar refractivity (Wildman–Crippen MR) is 72.1 cm³/mol. The zero-order valence-corrected chi connectivity index (χ0v) is 10.4. The normalized spacial score (nSPS) is 11.2. The van der Waals surface area contributed by atoms with Gasteiger partial charge >= 0.3 is 0 Å². The molecule has 0 saturated heterocycles. The first kappa shape index (κ1) is 11.5. The van der Waals surface area contributed by atoms with Crippen LogP contribution in [0.5, 0.6) is 0 Å². The number of aryl methyl sites for hydroxylation is 1. The Balaban J connectivity index is 1.86. The van der Waals surface area contributed by atoms with E-state index in [-0.39, 0.29) is 0 Å². The first-order valence-corrected chi connectivity index (χ1v) is 5.94. The number of aromatic nitrogens is 2. The molecule has 0 atom stereocenters. The van der Waals surface area contributed by atoms with Gasteiger partial charge in [-0.3, -0.25) is 0 Å². The van der Waals surface area contributed by atoms with Gasteiger partial charge in [-0.05, 0) is 36.8 Å². The summed E-state index contributed by atoms with van der Waals surface area (Å²) in [6.45, 7) is 2.01. The van der Waals surface area contributed by atoms with Crippen molar-refractivity contribution in [2.24, 2.45) is 0 Å². The molecule has 3 aromatic rings. The van der Waals surface area contributed by atoms with E-state index in [1.807, 2.05) is 43.3 Å². The van der Waals surface area contributed by atoms with Crippen molar-refractivity contribution in [1.29, 1.82) is 0 Å². The lowest BCUT2D eigenvalue weighted by Gasteiger charge is -1.97. The van der Waals surface area contributed by atoms with Crippen LogP contribution in [0.2, 0.25) is 0 Å². The van der Waals surface area contributed by atoms with Crippen molar-refractivity contribution >= 4 is 12.2 Å². The van der Waals surface area contributed by atoms with Crippen molar-refractivity contribution in [2.75, 3.05) is 0 Å². The molecule has 0 saturated carbocycles. The van der Waals surface area contributed by atoms with Gasteiger partial charge in [0.15, 0.2) is 0 Å². The van der Waals surface area contributed by atoms with Crippen molar-refractivity contribution in [1.82, 2.24) is 10.2 Å². The standard InChI is InChI=1S/C15H12N2O2/c1-11-5-2-3-7-13(11)15-17-16-14(19-15)9-8-12-6-4-10-18-12/h2-10H,1H3. The van der Waals surface area contributed by atoms with Gasteiger partial charge in [0, 0.05) is 11.6 Å². The van der Waals surface area contributed by atoms with Crippen LogP contribution in [0, 0.1) is 6.92 Å². The van der Waals surface area contributed by atoms with Gasteiger partial charge < -0.3 is 8.83 Å². The van der Waals surface area contributed by atoms with Crippen LogP contribution in [0.1, 0.15) is 17.2 Å². The number of benzene rings is 1. The fourth-order valence-electron chi connectivity index (χ4n) is 1.76. The Morgan fingerprint density at radius 3 is 2.68 bits per heavy atom. The van der Waals surface area contributed by atoms with Gasteiger partial charge in [-0.25, -0.2) is 0 Å². The Labute approximate surface area is 110 Å². The maximum atomic E-state index is 5.60. The smallest absolute Gasteiger partial charge is 0.248 e. The third-order valence-electron chi connectivity index (χ3n) is 2.75. The van der Waals surface area contributed by atoms with Crippen LogP contribution in [0.25, 0.3) is 23.6 Å². The molecule has 3 rings (SSSR count). The van der Waals surface area contributed by atoms with Gasteiger partial charge in [0.25, 0.3) is 0 Å². The summed E-state index contributed by atoms with van der Waals surface area (Å²) in [5.74, 6) is 1.72. The van der Waals surface area contributed by atoms with Gasteiger partial charge in [0.1, 0.15) is 5.76 Å². The van der Waals surface area contributed by atoms with Crippen molar-refractivity contribution in [3.05, 3.63) is 59.9 Å². The Kier molecular flexibility index (Phi) is 2.98. The highest BCUT2D eigenvalue weighted by Gasteiger charge is 2.08. The van der Waals surface area contributed by atoms with E-state index in [9.17, 15) is 0 Å². The lowest BCUT2D eigenvalue weighted by atomic mass is 10.1. The first-order chi connectivity index (χ1) is 9.33. The second-order valence-electron chi connectivity index (χ2n) is 4.11. The van der Waals surface area contributed by atoms with E-state index in [1.54, 1.807) is 18.4 Å². The van der Waals surface area contributed by atoms with Crippen molar-refractivity contribution < 1.29 is 8.83 Å². The molecule has 0 bridgehead atoms. The van der Waals surface area contributed by atoms with Gasteiger partial charge in [0.05, 0.1) is 6.26 Å². The zero-order valence-electron chi connectivity index (χ0n) is 10.4. The second kappa shape index (κ2) is 4.94. The SMILES string of the molecule is Cc1ccccc1-c1nnc(C=Cc2ccco2)o1. The molecule has 0 aliphatic carbocycles. The summed E-state index contributed by atoms with van der Waals surface area (Å²) in [5, 5.41) is 8.04. The molecule has 0 aliphatic heterocycles. The fourth-order valence-corrected chi connectivity index (χ4v) is 1.76. The zero-order chi connectivity index (χ0) is 13.1. The monoisotopic (exact) mass is 252 g/mol. The van der Waals surface area contributed by atoms with Crippen LogP contribution in [0.4, 0.5) is 0 Å². The average Bonchev–Trinajstić information content (AvgIpc) is 3.08. The van der Waals surface area contributed by atoms with Crippen LogP contribution < -0.4 is 0 Å². The molecule has 0 spiro atoms. The third kappa shape index (κ3) is 2.47. The van der Waals surface area contributed by atoms with Crippen LogP contribution in [-0.2, 0) is 0 Å². The first-order valence-electron chi connectivity index (χ1n) is 5.94. The molecule has 19 heavy (non-hydrogen) atoms. The van der Waals surface area contributed by atoms with Crippen LogP contribution in [0.15, 0.2) is 51.5 Å². The quantitative estimate of drug-likeness (QED) is 0.711. The fraction of sp³-hybridized carbons (Fsp3) is 0.0667. The molecule has 0 fully saturated rings. The van der Waals surface area contributed by atoms with Gasteiger partial charge in [-0.1, -0.05) is 18.2 Å². The highest BCUT2D eigenvalue weighted by molar-refractivity contribution is 5.64. The molecular weight excluding hydrogens is 240 g/mol. The highest BCUT2D eigenvalue weighted by atomic mass is 16.4. The van der Waals surface area contributed by atoms with E-state index < -0.39 is 0 Å². The molecule has 0 aliphatic rings. The molecule has 94 valence electrons. The Hall–Kier alpha value is -2.62.